The van der Waals surface area contributed by atoms with Gasteiger partial charge in [0.05, 0.1) is 5.69 Å². The van der Waals surface area contributed by atoms with E-state index < -0.39 is 0 Å². The topological polar surface area (TPSA) is 44.0 Å². The molecule has 3 fully saturated rings. The van der Waals surface area contributed by atoms with Crippen LogP contribution < -0.4 is 5.32 Å². The molecule has 4 rings (SSSR count). The normalized spacial score (nSPS) is 27.8. The van der Waals surface area contributed by atoms with Crippen LogP contribution in [0.2, 0.25) is 0 Å². The smallest absolute Gasteiger partial charge is 0.0656 e. The highest BCUT2D eigenvalue weighted by atomic mass is 15.3. The minimum atomic E-state index is 0.638. The van der Waals surface area contributed by atoms with Crippen LogP contribution in [0.1, 0.15) is 30.1 Å². The maximum Gasteiger partial charge on any atom is 0.0656 e. The number of rotatable bonds is 3. The molecule has 0 bridgehead atoms. The molecule has 4 nitrogen and oxygen atoms in total. The van der Waals surface area contributed by atoms with E-state index in [1.54, 1.807) is 0 Å². The quantitative estimate of drug-likeness (QED) is 0.784. The minimum absolute atomic E-state index is 0.638. The zero-order chi connectivity index (χ0) is 10.6. The maximum absolute atomic E-state index is 4.40. The van der Waals surface area contributed by atoms with Gasteiger partial charge >= 0.3 is 0 Å². The molecule has 3 aliphatic rings. The summed E-state index contributed by atoms with van der Waals surface area (Å²) in [5.74, 6) is 0.767. The van der Waals surface area contributed by atoms with E-state index in [1.807, 2.05) is 0 Å². The van der Waals surface area contributed by atoms with Crippen LogP contribution in [0.5, 0.6) is 0 Å². The second-order valence-corrected chi connectivity index (χ2v) is 5.84. The fourth-order valence-corrected chi connectivity index (χ4v) is 3.01. The van der Waals surface area contributed by atoms with Gasteiger partial charge in [0.2, 0.25) is 0 Å². The Hall–Kier alpha value is -0.870. The molecule has 0 unspecified atom stereocenters. The first kappa shape index (κ1) is 9.19. The Balaban J connectivity index is 1.36. The summed E-state index contributed by atoms with van der Waals surface area (Å²) in [4.78, 5) is 2.52. The molecular weight excluding hydrogens is 200 g/mol. The Bertz CT molecular complexity index is 395. The molecule has 0 amide bonds. The molecule has 16 heavy (non-hydrogen) atoms. The maximum atomic E-state index is 4.40. The average molecular weight is 218 g/mol. The van der Waals surface area contributed by atoms with Gasteiger partial charge in [0, 0.05) is 49.8 Å². The Kier molecular flexibility index (Phi) is 1.77. The second kappa shape index (κ2) is 3.08. The third kappa shape index (κ3) is 1.40. The number of nitrogens with zero attached hydrogens (tertiary/aromatic N) is 2. The Morgan fingerprint density at radius 1 is 1.38 bits per heavy atom. The Morgan fingerprint density at radius 2 is 2.19 bits per heavy atom. The summed E-state index contributed by atoms with van der Waals surface area (Å²) in [6.45, 7) is 6.02. The van der Waals surface area contributed by atoms with Gasteiger partial charge in [-0.1, -0.05) is 0 Å². The average Bonchev–Trinajstić information content (AvgIpc) is 2.90. The molecule has 4 heteroatoms. The van der Waals surface area contributed by atoms with Crippen molar-refractivity contribution < 1.29 is 0 Å². The van der Waals surface area contributed by atoms with Gasteiger partial charge in [-0.05, 0) is 18.9 Å². The molecule has 0 aromatic carbocycles. The van der Waals surface area contributed by atoms with Crippen molar-refractivity contribution in [3.63, 3.8) is 0 Å². The lowest BCUT2D eigenvalue weighted by Crippen LogP contribution is -2.70. The molecule has 1 aromatic heterocycles. The summed E-state index contributed by atoms with van der Waals surface area (Å²) >= 11 is 0. The van der Waals surface area contributed by atoms with E-state index in [1.165, 1.54) is 50.4 Å². The van der Waals surface area contributed by atoms with Crippen LogP contribution in [-0.2, 0) is 6.54 Å². The standard InChI is InChI=1S/C12H18N4/c1-2-9(1)11-3-10(14-15-11)4-16-7-12(8-16)5-13-6-12/h3,9,13H,1-2,4-8H2,(H,14,15). The summed E-state index contributed by atoms with van der Waals surface area (Å²) in [7, 11) is 0. The van der Waals surface area contributed by atoms with Crippen molar-refractivity contribution in [2.24, 2.45) is 5.41 Å². The summed E-state index contributed by atoms with van der Waals surface area (Å²) < 4.78 is 0. The van der Waals surface area contributed by atoms with Crippen molar-refractivity contribution in [3.8, 4) is 0 Å². The van der Waals surface area contributed by atoms with Crippen molar-refractivity contribution in [1.82, 2.24) is 20.4 Å². The first-order chi connectivity index (χ1) is 7.83. The zero-order valence-electron chi connectivity index (χ0n) is 9.50. The molecule has 2 N–H and O–H groups in total. The molecule has 86 valence electrons. The molecule has 1 aromatic rings. The fraction of sp³-hybridized carbons (Fsp3) is 0.750. The van der Waals surface area contributed by atoms with Crippen LogP contribution in [0, 0.1) is 5.41 Å². The lowest BCUT2D eigenvalue weighted by atomic mass is 9.74. The monoisotopic (exact) mass is 218 g/mol. The molecule has 2 saturated heterocycles. The molecule has 2 aliphatic heterocycles. The van der Waals surface area contributed by atoms with E-state index >= 15 is 0 Å². The van der Waals surface area contributed by atoms with Gasteiger partial charge in [-0.2, -0.15) is 5.10 Å². The predicted molar refractivity (Wildman–Crippen MR) is 61.1 cm³/mol. The van der Waals surface area contributed by atoms with Crippen molar-refractivity contribution >= 4 is 0 Å². The van der Waals surface area contributed by atoms with Crippen molar-refractivity contribution in [2.75, 3.05) is 26.2 Å². The van der Waals surface area contributed by atoms with Crippen LogP contribution in [0.15, 0.2) is 6.07 Å². The van der Waals surface area contributed by atoms with E-state index in [0.29, 0.717) is 5.41 Å². The first-order valence-electron chi connectivity index (χ1n) is 6.30. The summed E-state index contributed by atoms with van der Waals surface area (Å²) in [6, 6.07) is 2.27. The molecule has 1 aliphatic carbocycles. The minimum Gasteiger partial charge on any atom is -0.315 e. The van der Waals surface area contributed by atoms with Crippen LogP contribution in [0.3, 0.4) is 0 Å². The van der Waals surface area contributed by atoms with E-state index in [-0.39, 0.29) is 0 Å². The number of hydrogen-bond donors (Lipinski definition) is 2. The molecule has 0 atom stereocenters. The highest BCUT2D eigenvalue weighted by Crippen LogP contribution is 2.39. The second-order valence-electron chi connectivity index (χ2n) is 5.84. The van der Waals surface area contributed by atoms with E-state index in [4.69, 9.17) is 0 Å². The van der Waals surface area contributed by atoms with Crippen molar-refractivity contribution in [1.29, 1.82) is 0 Å². The Labute approximate surface area is 95.4 Å². The number of likely N-dealkylation sites (tertiary alicyclic amines) is 1. The van der Waals surface area contributed by atoms with Crippen LogP contribution >= 0.6 is 0 Å². The molecule has 1 saturated carbocycles. The van der Waals surface area contributed by atoms with Gasteiger partial charge in [0.25, 0.3) is 0 Å². The van der Waals surface area contributed by atoms with Crippen molar-refractivity contribution in [3.05, 3.63) is 17.5 Å². The predicted octanol–water partition coefficient (Wildman–Crippen LogP) is 0.692. The number of hydrogen-bond acceptors (Lipinski definition) is 3. The molecule has 0 radical (unpaired) electrons. The molecular formula is C12H18N4. The number of aromatic amines is 1. The highest BCUT2D eigenvalue weighted by molar-refractivity contribution is 5.18. The largest absolute Gasteiger partial charge is 0.315 e. The van der Waals surface area contributed by atoms with E-state index in [2.05, 4.69) is 26.5 Å². The van der Waals surface area contributed by atoms with Gasteiger partial charge in [0.15, 0.2) is 0 Å². The molecule has 1 spiro atoms. The van der Waals surface area contributed by atoms with E-state index in [0.717, 1.165) is 12.5 Å². The summed E-state index contributed by atoms with van der Waals surface area (Å²) in [5.41, 5.74) is 3.22. The Morgan fingerprint density at radius 3 is 2.81 bits per heavy atom. The lowest BCUT2D eigenvalue weighted by Gasteiger charge is -2.56. The molecule has 3 heterocycles. The first-order valence-corrected chi connectivity index (χ1v) is 6.30. The zero-order valence-corrected chi connectivity index (χ0v) is 9.50. The third-order valence-electron chi connectivity index (χ3n) is 4.16. The van der Waals surface area contributed by atoms with Gasteiger partial charge in [-0.25, -0.2) is 0 Å². The number of H-pyrrole nitrogens is 1. The number of nitrogens with one attached hydrogen (secondary N) is 2. The van der Waals surface area contributed by atoms with Gasteiger partial charge in [-0.15, -0.1) is 0 Å². The summed E-state index contributed by atoms with van der Waals surface area (Å²) in [6.07, 6.45) is 2.67. The number of aromatic nitrogens is 2. The van der Waals surface area contributed by atoms with Crippen LogP contribution in [-0.4, -0.2) is 41.3 Å². The fourth-order valence-electron chi connectivity index (χ4n) is 3.01. The van der Waals surface area contributed by atoms with E-state index in [9.17, 15) is 0 Å². The summed E-state index contributed by atoms with van der Waals surface area (Å²) in [5, 5.41) is 10.9. The van der Waals surface area contributed by atoms with Crippen molar-refractivity contribution in [2.45, 2.75) is 25.3 Å². The van der Waals surface area contributed by atoms with Crippen LogP contribution in [0.25, 0.3) is 0 Å². The van der Waals surface area contributed by atoms with Gasteiger partial charge < -0.3 is 5.32 Å². The van der Waals surface area contributed by atoms with Gasteiger partial charge in [-0.3, -0.25) is 10.00 Å². The van der Waals surface area contributed by atoms with Crippen LogP contribution in [0.4, 0.5) is 0 Å². The SMILES string of the molecule is c1c(C2CC2)n[nH]c1CN1CC2(CNC2)C1. The highest BCUT2D eigenvalue weighted by Gasteiger charge is 2.47. The third-order valence-corrected chi connectivity index (χ3v) is 4.16. The van der Waals surface area contributed by atoms with Gasteiger partial charge in [0.1, 0.15) is 0 Å². The lowest BCUT2D eigenvalue weighted by molar-refractivity contribution is -0.0450.